The molecule has 1 aliphatic heterocycles. The fourth-order valence-corrected chi connectivity index (χ4v) is 7.88. The number of rotatable bonds is 21. The largest absolute Gasteiger partial charge is 0.465 e. The van der Waals surface area contributed by atoms with Crippen LogP contribution in [0.5, 0.6) is 0 Å². The fourth-order valence-electron chi connectivity index (χ4n) is 7.88. The van der Waals surface area contributed by atoms with Crippen LogP contribution in [-0.2, 0) is 35.1 Å². The Morgan fingerprint density at radius 1 is 0.881 bits per heavy atom. The minimum atomic E-state index is -1.10. The first-order valence-electron chi connectivity index (χ1n) is 20.8. The highest BCUT2D eigenvalue weighted by Gasteiger charge is 2.43. The Labute approximate surface area is 353 Å². The molecular weight excluding hydrogens is 757 g/mol. The van der Waals surface area contributed by atoms with Crippen molar-refractivity contribution in [2.75, 3.05) is 83.2 Å². The van der Waals surface area contributed by atoms with Gasteiger partial charge in [-0.15, -0.1) is 0 Å². The van der Waals surface area contributed by atoms with Crippen molar-refractivity contribution in [3.8, 4) is 0 Å². The van der Waals surface area contributed by atoms with Crippen molar-refractivity contribution in [2.24, 2.45) is 22.7 Å². The second kappa shape index (κ2) is 24.0. The van der Waals surface area contributed by atoms with Crippen molar-refractivity contribution in [3.05, 3.63) is 35.9 Å². The van der Waals surface area contributed by atoms with E-state index in [0.29, 0.717) is 25.3 Å². The van der Waals surface area contributed by atoms with Crippen LogP contribution in [0.4, 0.5) is 4.79 Å². The molecule has 1 fully saturated rings. The Morgan fingerprint density at radius 2 is 1.47 bits per heavy atom. The summed E-state index contributed by atoms with van der Waals surface area (Å²) in [6, 6.07) is 6.93. The lowest BCUT2D eigenvalue weighted by Crippen LogP contribution is -2.56. The molecule has 0 aliphatic carbocycles. The number of carboxylic acid groups (broad SMARTS) is 1. The number of likely N-dealkylation sites (tertiary alicyclic amines) is 1. The summed E-state index contributed by atoms with van der Waals surface area (Å²) in [4.78, 5) is 82.4. The number of carbonyl (C=O) groups is 5. The number of carbonyl (C=O) groups excluding carboxylic acids is 4. The molecule has 334 valence electrons. The third kappa shape index (κ3) is 14.1. The van der Waals surface area contributed by atoms with Crippen LogP contribution < -0.4 is 5.32 Å². The Kier molecular flexibility index (Phi) is 20.6. The van der Waals surface area contributed by atoms with Gasteiger partial charge in [-0.1, -0.05) is 71.4 Å². The maximum Gasteiger partial charge on any atom is 0.407 e. The zero-order chi connectivity index (χ0) is 44.7. The molecule has 2 N–H and O–H groups in total. The van der Waals surface area contributed by atoms with Crippen molar-refractivity contribution in [2.45, 2.75) is 103 Å². The molecule has 1 heterocycles. The van der Waals surface area contributed by atoms with Crippen LogP contribution in [0.3, 0.4) is 0 Å². The molecule has 0 aromatic heterocycles. The molecule has 16 heteroatoms. The van der Waals surface area contributed by atoms with Crippen molar-refractivity contribution < 1.29 is 38.6 Å². The van der Waals surface area contributed by atoms with E-state index in [0.717, 1.165) is 16.9 Å². The summed E-state index contributed by atoms with van der Waals surface area (Å²) >= 11 is 0. The van der Waals surface area contributed by atoms with E-state index in [-0.39, 0.29) is 55.5 Å². The number of ether oxygens (including phenoxy) is 2. The van der Waals surface area contributed by atoms with Gasteiger partial charge in [0.1, 0.15) is 12.1 Å². The molecule has 1 aromatic carbocycles. The zero-order valence-electron chi connectivity index (χ0n) is 38.2. The van der Waals surface area contributed by atoms with E-state index in [2.05, 4.69) is 19.2 Å². The van der Waals surface area contributed by atoms with Gasteiger partial charge in [-0.05, 0) is 30.2 Å². The molecule has 1 aromatic rings. The van der Waals surface area contributed by atoms with Crippen molar-refractivity contribution in [1.82, 2.24) is 34.7 Å². The third-order valence-corrected chi connectivity index (χ3v) is 11.6. The Morgan fingerprint density at radius 3 is 1.98 bits per heavy atom. The quantitative estimate of drug-likeness (QED) is 0.139. The number of methoxy groups -OCH3 is 2. The van der Waals surface area contributed by atoms with E-state index in [9.17, 15) is 29.1 Å². The number of hydrogen-bond donors (Lipinski definition) is 2. The first kappa shape index (κ1) is 50.7. The average molecular weight is 831 g/mol. The van der Waals surface area contributed by atoms with Gasteiger partial charge in [0.05, 0.1) is 36.6 Å². The molecule has 16 nitrogen and oxygen atoms in total. The Hall–Kier alpha value is -4.44. The number of guanidine groups is 1. The summed E-state index contributed by atoms with van der Waals surface area (Å²) in [7, 11) is 15.4. The van der Waals surface area contributed by atoms with Crippen molar-refractivity contribution in [3.63, 3.8) is 0 Å². The molecule has 0 saturated carbocycles. The van der Waals surface area contributed by atoms with Crippen LogP contribution in [0.15, 0.2) is 35.3 Å². The summed E-state index contributed by atoms with van der Waals surface area (Å²) < 4.78 is 12.1. The summed E-state index contributed by atoms with van der Waals surface area (Å²) in [6.07, 6.45) is -0.0730. The van der Waals surface area contributed by atoms with Gasteiger partial charge in [-0.3, -0.25) is 19.2 Å². The normalized spacial score (nSPS) is 17.5. The van der Waals surface area contributed by atoms with E-state index in [1.165, 1.54) is 19.1 Å². The van der Waals surface area contributed by atoms with Gasteiger partial charge in [0.25, 0.3) is 0 Å². The number of amides is 5. The lowest BCUT2D eigenvalue weighted by Gasteiger charge is -2.40. The third-order valence-electron chi connectivity index (χ3n) is 11.6. The second-order valence-electron chi connectivity index (χ2n) is 16.7. The van der Waals surface area contributed by atoms with E-state index in [1.807, 2.05) is 82.2 Å². The lowest BCUT2D eigenvalue weighted by atomic mass is 9.89. The SMILES string of the molecule is CC[C@H](C)[C@@H]([C@@H](CC(=O)N1CCCC1[C@H](OC)[C@@H](C)C(=O)NC(Cc1ccccc1)C(=O)N(C)CCN(C)C(=O)O)OC)N(C)C(=O)C(N=C(N(C)C)N(C)C)C(C)C. The van der Waals surface area contributed by atoms with E-state index in [4.69, 9.17) is 14.5 Å². The molecule has 0 bridgehead atoms. The van der Waals surface area contributed by atoms with Gasteiger partial charge < -0.3 is 49.3 Å². The highest BCUT2D eigenvalue weighted by molar-refractivity contribution is 5.89. The minimum Gasteiger partial charge on any atom is -0.465 e. The van der Waals surface area contributed by atoms with E-state index < -0.39 is 54.3 Å². The molecular formula is C43H74N8O8. The van der Waals surface area contributed by atoms with Crippen LogP contribution in [0.2, 0.25) is 0 Å². The molecule has 2 rings (SSSR count). The van der Waals surface area contributed by atoms with E-state index in [1.54, 1.807) is 37.9 Å². The minimum absolute atomic E-state index is 0.00542. The molecule has 0 spiro atoms. The first-order valence-corrected chi connectivity index (χ1v) is 20.8. The Balaban J connectivity index is 2.34. The van der Waals surface area contributed by atoms with Gasteiger partial charge in [0, 0.05) is 89.6 Å². The van der Waals surface area contributed by atoms with Gasteiger partial charge in [0.15, 0.2) is 5.96 Å². The number of nitrogens with zero attached hydrogens (tertiary/aromatic N) is 7. The summed E-state index contributed by atoms with van der Waals surface area (Å²) in [5.74, 6) is -1.23. The number of nitrogens with one attached hydrogen (secondary N) is 1. The van der Waals surface area contributed by atoms with Crippen LogP contribution >= 0.6 is 0 Å². The maximum absolute atomic E-state index is 14.3. The number of aliphatic imine (C=N–C) groups is 1. The highest BCUT2D eigenvalue weighted by Crippen LogP contribution is 2.30. The number of hydrogen-bond acceptors (Lipinski definition) is 8. The lowest BCUT2D eigenvalue weighted by molar-refractivity contribution is -0.147. The molecule has 0 radical (unpaired) electrons. The van der Waals surface area contributed by atoms with Gasteiger partial charge in [-0.25, -0.2) is 9.79 Å². The Bertz CT molecular complexity index is 1530. The molecule has 5 amide bonds. The molecule has 3 unspecified atom stereocenters. The second-order valence-corrected chi connectivity index (χ2v) is 16.7. The monoisotopic (exact) mass is 831 g/mol. The zero-order valence-corrected chi connectivity index (χ0v) is 38.2. The number of likely N-dealkylation sites (N-methyl/N-ethyl adjacent to an activating group) is 3. The summed E-state index contributed by atoms with van der Waals surface area (Å²) in [5.41, 5.74) is 0.848. The predicted octanol–water partition coefficient (Wildman–Crippen LogP) is 3.21. The van der Waals surface area contributed by atoms with Crippen LogP contribution in [-0.4, -0.2) is 190 Å². The highest BCUT2D eigenvalue weighted by atomic mass is 16.5. The summed E-state index contributed by atoms with van der Waals surface area (Å²) in [6.45, 7) is 10.5. The van der Waals surface area contributed by atoms with Crippen molar-refractivity contribution in [1.29, 1.82) is 0 Å². The van der Waals surface area contributed by atoms with Crippen LogP contribution in [0, 0.1) is 17.8 Å². The predicted molar refractivity (Wildman–Crippen MR) is 230 cm³/mol. The van der Waals surface area contributed by atoms with Crippen LogP contribution in [0.25, 0.3) is 0 Å². The fraction of sp³-hybridized carbons (Fsp3) is 0.721. The topological polar surface area (TPSA) is 168 Å². The first-order chi connectivity index (χ1) is 27.7. The van der Waals surface area contributed by atoms with Gasteiger partial charge in [-0.2, -0.15) is 0 Å². The maximum atomic E-state index is 14.3. The van der Waals surface area contributed by atoms with Gasteiger partial charge >= 0.3 is 6.09 Å². The van der Waals surface area contributed by atoms with E-state index >= 15 is 0 Å². The average Bonchev–Trinajstić information content (AvgIpc) is 3.68. The standard InChI is InChI=1S/C43H74N8O8/c1-15-29(4)37(50(12)41(55)36(28(2)3)45-42(46(6)7)47(8)9)34(58-13)27-35(52)51-23-19-22-33(51)38(59-14)30(5)39(53)44-32(26-31-20-17-16-18-21-31)40(54)48(10)24-25-49(11)43(56)57/h16-18,20-21,28-30,32-34,36-38H,15,19,22-27H2,1-14H3,(H,44,53)(H,56,57)/t29-,30+,32?,33?,34+,36?,37-,38+/m0/s1. The molecule has 8 atom stereocenters. The molecule has 59 heavy (non-hydrogen) atoms. The molecule has 1 saturated heterocycles. The van der Waals surface area contributed by atoms with Crippen molar-refractivity contribution >= 4 is 35.7 Å². The molecule has 1 aliphatic rings. The summed E-state index contributed by atoms with van der Waals surface area (Å²) in [5, 5.41) is 12.2. The smallest absolute Gasteiger partial charge is 0.407 e. The van der Waals surface area contributed by atoms with Crippen LogP contribution in [0.1, 0.15) is 65.9 Å². The van der Waals surface area contributed by atoms with Gasteiger partial charge in [0.2, 0.25) is 23.6 Å². The number of benzene rings is 1.